The molecule has 0 bridgehead atoms. The van der Waals surface area contributed by atoms with Crippen molar-refractivity contribution in [3.05, 3.63) is 65.2 Å². The minimum atomic E-state index is -3.80. The zero-order valence-corrected chi connectivity index (χ0v) is 16.9. The van der Waals surface area contributed by atoms with E-state index in [9.17, 15) is 17.2 Å². The molecule has 0 saturated carbocycles. The monoisotopic (exact) mass is 426 g/mol. The fourth-order valence-corrected chi connectivity index (χ4v) is 4.49. The number of ether oxygens (including phenoxy) is 2. The van der Waals surface area contributed by atoms with Crippen LogP contribution >= 0.6 is 0 Å². The average Bonchev–Trinajstić information content (AvgIpc) is 2.68. The molecule has 1 fully saturated rings. The smallest absolute Gasteiger partial charge is 0.215 e. The molecule has 2 aromatic rings. The van der Waals surface area contributed by atoms with Gasteiger partial charge in [-0.3, -0.25) is 4.90 Å². The number of sulfonamides is 1. The summed E-state index contributed by atoms with van der Waals surface area (Å²) in [5.74, 6) is -1.44. The van der Waals surface area contributed by atoms with Gasteiger partial charge in [-0.2, -0.15) is 0 Å². The van der Waals surface area contributed by atoms with Crippen molar-refractivity contribution in [2.45, 2.75) is 11.8 Å². The van der Waals surface area contributed by atoms with Crippen LogP contribution in [-0.4, -0.2) is 53.3 Å². The van der Waals surface area contributed by atoms with E-state index in [1.54, 1.807) is 7.11 Å². The third-order valence-corrected chi connectivity index (χ3v) is 6.06. The van der Waals surface area contributed by atoms with Gasteiger partial charge < -0.3 is 9.47 Å². The number of morpholine rings is 1. The fraction of sp³-hybridized carbons (Fsp3) is 0.400. The van der Waals surface area contributed by atoms with Crippen molar-refractivity contribution in [1.29, 1.82) is 0 Å². The van der Waals surface area contributed by atoms with Gasteiger partial charge in [-0.05, 0) is 35.4 Å². The third kappa shape index (κ3) is 6.20. The summed E-state index contributed by atoms with van der Waals surface area (Å²) in [6.07, 6.45) is 0. The van der Waals surface area contributed by atoms with Crippen molar-refractivity contribution in [2.75, 3.05) is 40.0 Å². The van der Waals surface area contributed by atoms with Crippen LogP contribution in [0.5, 0.6) is 5.75 Å². The van der Waals surface area contributed by atoms with Crippen molar-refractivity contribution in [3.8, 4) is 5.75 Å². The van der Waals surface area contributed by atoms with Gasteiger partial charge in [0.25, 0.3) is 0 Å². The summed E-state index contributed by atoms with van der Waals surface area (Å²) < 4.78 is 65.1. The molecule has 0 aliphatic carbocycles. The minimum absolute atomic E-state index is 0.0549. The fourth-order valence-electron chi connectivity index (χ4n) is 3.37. The topological polar surface area (TPSA) is 67.9 Å². The molecular formula is C20H24F2N2O4S. The molecule has 0 radical (unpaired) electrons. The highest BCUT2D eigenvalue weighted by Gasteiger charge is 2.25. The second-order valence-electron chi connectivity index (χ2n) is 6.83. The molecule has 2 aromatic carbocycles. The Morgan fingerprint density at radius 2 is 1.83 bits per heavy atom. The first-order chi connectivity index (χ1) is 13.9. The highest BCUT2D eigenvalue weighted by Crippen LogP contribution is 2.25. The van der Waals surface area contributed by atoms with E-state index in [-0.39, 0.29) is 18.2 Å². The van der Waals surface area contributed by atoms with E-state index in [1.165, 1.54) is 0 Å². The van der Waals surface area contributed by atoms with E-state index in [0.29, 0.717) is 38.1 Å². The Balaban J connectivity index is 1.76. The summed E-state index contributed by atoms with van der Waals surface area (Å²) in [5.41, 5.74) is 0.963. The minimum Gasteiger partial charge on any atom is -0.497 e. The largest absolute Gasteiger partial charge is 0.497 e. The van der Waals surface area contributed by atoms with Crippen LogP contribution in [0.1, 0.15) is 17.2 Å². The van der Waals surface area contributed by atoms with Crippen LogP contribution in [0, 0.1) is 11.6 Å². The van der Waals surface area contributed by atoms with E-state index in [1.807, 2.05) is 24.3 Å². The van der Waals surface area contributed by atoms with E-state index in [4.69, 9.17) is 9.47 Å². The Morgan fingerprint density at radius 3 is 2.48 bits per heavy atom. The molecule has 0 aromatic heterocycles. The van der Waals surface area contributed by atoms with Gasteiger partial charge in [0.1, 0.15) is 17.4 Å². The molecule has 3 rings (SSSR count). The van der Waals surface area contributed by atoms with Gasteiger partial charge in [0.05, 0.1) is 26.1 Å². The second-order valence-corrected chi connectivity index (χ2v) is 8.63. The van der Waals surface area contributed by atoms with Gasteiger partial charge in [0, 0.05) is 31.7 Å². The van der Waals surface area contributed by atoms with Crippen molar-refractivity contribution in [2.24, 2.45) is 0 Å². The molecule has 1 saturated heterocycles. The number of nitrogens with one attached hydrogen (secondary N) is 1. The number of methoxy groups -OCH3 is 1. The van der Waals surface area contributed by atoms with Crippen LogP contribution in [0.25, 0.3) is 0 Å². The van der Waals surface area contributed by atoms with Gasteiger partial charge >= 0.3 is 0 Å². The van der Waals surface area contributed by atoms with Crippen LogP contribution in [-0.2, 0) is 20.5 Å². The highest BCUT2D eigenvalue weighted by atomic mass is 32.2. The Morgan fingerprint density at radius 1 is 1.14 bits per heavy atom. The predicted molar refractivity (Wildman–Crippen MR) is 105 cm³/mol. The van der Waals surface area contributed by atoms with Gasteiger partial charge in [-0.15, -0.1) is 0 Å². The van der Waals surface area contributed by atoms with E-state index in [0.717, 1.165) is 17.7 Å². The molecule has 9 heteroatoms. The van der Waals surface area contributed by atoms with Crippen molar-refractivity contribution in [3.63, 3.8) is 0 Å². The van der Waals surface area contributed by atoms with Crippen molar-refractivity contribution < 1.29 is 26.7 Å². The summed E-state index contributed by atoms with van der Waals surface area (Å²) in [5, 5.41) is 0. The summed E-state index contributed by atoms with van der Waals surface area (Å²) in [6.45, 7) is 2.58. The summed E-state index contributed by atoms with van der Waals surface area (Å²) in [6, 6.07) is 9.98. The SMILES string of the molecule is COc1cccc([C@@H](CNS(=O)(=O)Cc2cc(F)cc(F)c2)N2CCOCC2)c1. The predicted octanol–water partition coefficient (Wildman–Crippen LogP) is 2.47. The molecular weight excluding hydrogens is 402 g/mol. The average molecular weight is 426 g/mol. The molecule has 0 spiro atoms. The molecule has 0 unspecified atom stereocenters. The van der Waals surface area contributed by atoms with Gasteiger partial charge in [0.15, 0.2) is 0 Å². The number of hydrogen-bond acceptors (Lipinski definition) is 5. The lowest BCUT2D eigenvalue weighted by atomic mass is 10.0. The normalized spacial score (nSPS) is 16.5. The van der Waals surface area contributed by atoms with Crippen LogP contribution in [0.15, 0.2) is 42.5 Å². The first-order valence-corrected chi connectivity index (χ1v) is 10.9. The molecule has 1 heterocycles. The van der Waals surface area contributed by atoms with E-state index in [2.05, 4.69) is 9.62 Å². The van der Waals surface area contributed by atoms with Crippen LogP contribution in [0.3, 0.4) is 0 Å². The van der Waals surface area contributed by atoms with Crippen LogP contribution in [0.2, 0.25) is 0 Å². The lowest BCUT2D eigenvalue weighted by Gasteiger charge is -2.35. The van der Waals surface area contributed by atoms with E-state index < -0.39 is 27.4 Å². The highest BCUT2D eigenvalue weighted by molar-refractivity contribution is 7.88. The lowest BCUT2D eigenvalue weighted by molar-refractivity contribution is 0.0171. The summed E-state index contributed by atoms with van der Waals surface area (Å²) >= 11 is 0. The molecule has 1 aliphatic heterocycles. The molecule has 1 aliphatic rings. The maximum atomic E-state index is 13.4. The Bertz CT molecular complexity index is 914. The van der Waals surface area contributed by atoms with E-state index >= 15 is 0 Å². The Hall–Kier alpha value is -2.07. The molecule has 158 valence electrons. The Kier molecular flexibility index (Phi) is 7.18. The van der Waals surface area contributed by atoms with Crippen molar-refractivity contribution >= 4 is 10.0 Å². The molecule has 1 atom stereocenters. The maximum Gasteiger partial charge on any atom is 0.215 e. The van der Waals surface area contributed by atoms with Gasteiger partial charge in [-0.1, -0.05) is 12.1 Å². The molecule has 29 heavy (non-hydrogen) atoms. The molecule has 0 amide bonds. The third-order valence-electron chi connectivity index (χ3n) is 4.74. The standard InChI is InChI=1S/C20H24F2N2O4S/c1-27-19-4-2-3-16(11-19)20(24-5-7-28-8-6-24)13-23-29(25,26)14-15-9-17(21)12-18(22)10-15/h2-4,9-12,20,23H,5-8,13-14H2,1H3/t20-/m1/s1. The quantitative estimate of drug-likeness (QED) is 0.703. The number of benzene rings is 2. The molecule has 1 N–H and O–H groups in total. The molecule has 6 nitrogen and oxygen atoms in total. The van der Waals surface area contributed by atoms with Gasteiger partial charge in [-0.25, -0.2) is 21.9 Å². The summed E-state index contributed by atoms with van der Waals surface area (Å²) in [4.78, 5) is 2.14. The van der Waals surface area contributed by atoms with Crippen LogP contribution in [0.4, 0.5) is 8.78 Å². The number of hydrogen-bond donors (Lipinski definition) is 1. The van der Waals surface area contributed by atoms with Crippen molar-refractivity contribution in [1.82, 2.24) is 9.62 Å². The second kappa shape index (κ2) is 9.62. The number of halogens is 2. The maximum absolute atomic E-state index is 13.4. The zero-order chi connectivity index (χ0) is 20.9. The first kappa shape index (κ1) is 21.6. The van der Waals surface area contributed by atoms with Gasteiger partial charge in [0.2, 0.25) is 10.0 Å². The Labute approximate surface area is 169 Å². The summed E-state index contributed by atoms with van der Waals surface area (Å²) in [7, 11) is -2.22. The first-order valence-electron chi connectivity index (χ1n) is 9.24. The lowest BCUT2D eigenvalue weighted by Crippen LogP contribution is -2.44. The number of nitrogens with zero attached hydrogens (tertiary/aromatic N) is 1. The number of rotatable bonds is 8. The zero-order valence-electron chi connectivity index (χ0n) is 16.1. The van der Waals surface area contributed by atoms with Crippen LogP contribution < -0.4 is 9.46 Å².